The Morgan fingerprint density at radius 3 is 2.57 bits per heavy atom. The van der Waals surface area contributed by atoms with E-state index in [4.69, 9.17) is 5.73 Å². The van der Waals surface area contributed by atoms with Crippen molar-refractivity contribution in [1.29, 1.82) is 0 Å². The van der Waals surface area contributed by atoms with Gasteiger partial charge >= 0.3 is 0 Å². The number of nitrogens with two attached hydrogens (primary N) is 1. The van der Waals surface area contributed by atoms with Gasteiger partial charge < -0.3 is 10.8 Å². The Kier molecular flexibility index (Phi) is 3.18. The molecule has 0 bridgehead atoms. The number of benzene rings is 1. The summed E-state index contributed by atoms with van der Waals surface area (Å²) >= 11 is 0. The maximum atomic E-state index is 13.2. The van der Waals surface area contributed by atoms with Gasteiger partial charge in [0.1, 0.15) is 11.6 Å². The highest BCUT2D eigenvalue weighted by molar-refractivity contribution is 5.24. The Labute approximate surface area is 81.4 Å². The molecule has 14 heavy (non-hydrogen) atoms. The molecule has 0 aromatic heterocycles. The summed E-state index contributed by atoms with van der Waals surface area (Å²) in [7, 11) is 0. The molecular formula is C10H13F2NO. The normalized spacial score (nSPS) is 15.2. The fourth-order valence-electron chi connectivity index (χ4n) is 1.34. The number of rotatable bonds is 3. The lowest BCUT2D eigenvalue weighted by atomic mass is 9.92. The van der Waals surface area contributed by atoms with E-state index < -0.39 is 17.2 Å². The summed E-state index contributed by atoms with van der Waals surface area (Å²) in [6.45, 7) is 1.69. The summed E-state index contributed by atoms with van der Waals surface area (Å²) in [4.78, 5) is 0. The zero-order valence-electron chi connectivity index (χ0n) is 7.93. The maximum Gasteiger partial charge on any atom is 0.132 e. The second-order valence-corrected chi connectivity index (χ2v) is 3.44. The lowest BCUT2D eigenvalue weighted by Gasteiger charge is -2.23. The van der Waals surface area contributed by atoms with Gasteiger partial charge in [-0.2, -0.15) is 0 Å². The van der Waals surface area contributed by atoms with E-state index in [2.05, 4.69) is 0 Å². The van der Waals surface area contributed by atoms with Gasteiger partial charge in [0.25, 0.3) is 0 Å². The predicted octanol–water partition coefficient (Wildman–Crippen LogP) is 1.52. The molecule has 1 rings (SSSR count). The van der Waals surface area contributed by atoms with Gasteiger partial charge in [-0.1, -0.05) is 6.07 Å². The molecule has 0 spiro atoms. The van der Waals surface area contributed by atoms with Crippen LogP contribution in [0.3, 0.4) is 0 Å². The number of halogens is 2. The van der Waals surface area contributed by atoms with Crippen LogP contribution in [0, 0.1) is 11.6 Å². The smallest absolute Gasteiger partial charge is 0.132 e. The average Bonchev–Trinajstić information content (AvgIpc) is 2.02. The standard InChI is InChI=1S/C10H13F2NO/c1-10(14,4-5-13)8-3-2-7(11)6-9(8)12/h2-3,6,14H,4-5,13H2,1H3. The molecule has 0 amide bonds. The van der Waals surface area contributed by atoms with Crippen LogP contribution in [0.25, 0.3) is 0 Å². The van der Waals surface area contributed by atoms with Crippen LogP contribution in [0.1, 0.15) is 18.9 Å². The molecule has 2 nitrogen and oxygen atoms in total. The Morgan fingerprint density at radius 1 is 1.43 bits per heavy atom. The summed E-state index contributed by atoms with van der Waals surface area (Å²) in [6, 6.07) is 3.10. The summed E-state index contributed by atoms with van der Waals surface area (Å²) in [5.41, 5.74) is 4.01. The molecule has 78 valence electrons. The van der Waals surface area contributed by atoms with Crippen LogP contribution >= 0.6 is 0 Å². The van der Waals surface area contributed by atoms with Crippen molar-refractivity contribution in [3.05, 3.63) is 35.4 Å². The minimum Gasteiger partial charge on any atom is -0.385 e. The minimum atomic E-state index is -1.34. The summed E-state index contributed by atoms with van der Waals surface area (Å²) in [6.07, 6.45) is 0.232. The largest absolute Gasteiger partial charge is 0.385 e. The molecule has 0 saturated carbocycles. The van der Waals surface area contributed by atoms with Crippen LogP contribution in [0.5, 0.6) is 0 Å². The molecule has 1 unspecified atom stereocenters. The molecule has 0 fully saturated rings. The van der Waals surface area contributed by atoms with E-state index in [0.29, 0.717) is 0 Å². The Balaban J connectivity index is 3.06. The third-order valence-electron chi connectivity index (χ3n) is 2.14. The molecule has 0 saturated heterocycles. The third-order valence-corrected chi connectivity index (χ3v) is 2.14. The van der Waals surface area contributed by atoms with Gasteiger partial charge in [0, 0.05) is 11.6 Å². The molecule has 1 aromatic rings. The highest BCUT2D eigenvalue weighted by Gasteiger charge is 2.25. The van der Waals surface area contributed by atoms with Crippen molar-refractivity contribution in [3.8, 4) is 0 Å². The third kappa shape index (κ3) is 2.27. The molecule has 0 heterocycles. The highest BCUT2D eigenvalue weighted by atomic mass is 19.1. The summed E-state index contributed by atoms with van der Waals surface area (Å²) in [5, 5.41) is 9.82. The van der Waals surface area contributed by atoms with Crippen molar-refractivity contribution in [3.63, 3.8) is 0 Å². The minimum absolute atomic E-state index is 0.0735. The second kappa shape index (κ2) is 4.02. The number of aliphatic hydroxyl groups is 1. The first-order valence-corrected chi connectivity index (χ1v) is 4.35. The van der Waals surface area contributed by atoms with Crippen molar-refractivity contribution in [1.82, 2.24) is 0 Å². The molecular weight excluding hydrogens is 188 g/mol. The van der Waals surface area contributed by atoms with E-state index >= 15 is 0 Å². The van der Waals surface area contributed by atoms with Gasteiger partial charge in [-0.15, -0.1) is 0 Å². The fourth-order valence-corrected chi connectivity index (χ4v) is 1.34. The first-order valence-electron chi connectivity index (χ1n) is 4.35. The molecule has 4 heteroatoms. The lowest BCUT2D eigenvalue weighted by molar-refractivity contribution is 0.0466. The number of hydrogen-bond acceptors (Lipinski definition) is 2. The van der Waals surface area contributed by atoms with Crippen LogP contribution < -0.4 is 5.73 Å². The van der Waals surface area contributed by atoms with Gasteiger partial charge in [0.15, 0.2) is 0 Å². The van der Waals surface area contributed by atoms with Crippen molar-refractivity contribution in [2.75, 3.05) is 6.54 Å². The lowest BCUT2D eigenvalue weighted by Crippen LogP contribution is -2.26. The second-order valence-electron chi connectivity index (χ2n) is 3.44. The van der Waals surface area contributed by atoms with Crippen LogP contribution in [0.2, 0.25) is 0 Å². The van der Waals surface area contributed by atoms with E-state index in [1.807, 2.05) is 0 Å². The van der Waals surface area contributed by atoms with Crippen molar-refractivity contribution in [2.24, 2.45) is 5.73 Å². The Morgan fingerprint density at radius 2 is 2.07 bits per heavy atom. The summed E-state index contributed by atoms with van der Waals surface area (Å²) < 4.78 is 25.8. The monoisotopic (exact) mass is 201 g/mol. The van der Waals surface area contributed by atoms with Crippen molar-refractivity contribution < 1.29 is 13.9 Å². The maximum absolute atomic E-state index is 13.2. The zero-order chi connectivity index (χ0) is 10.8. The van der Waals surface area contributed by atoms with E-state index in [1.54, 1.807) is 0 Å². The van der Waals surface area contributed by atoms with Crippen molar-refractivity contribution in [2.45, 2.75) is 18.9 Å². The van der Waals surface area contributed by atoms with Gasteiger partial charge in [-0.3, -0.25) is 0 Å². The van der Waals surface area contributed by atoms with Crippen LogP contribution in [-0.4, -0.2) is 11.7 Å². The number of hydrogen-bond donors (Lipinski definition) is 2. The fraction of sp³-hybridized carbons (Fsp3) is 0.400. The van der Waals surface area contributed by atoms with Gasteiger partial charge in [0.05, 0.1) is 5.60 Å². The van der Waals surface area contributed by atoms with E-state index in [0.717, 1.165) is 12.1 Å². The van der Waals surface area contributed by atoms with Gasteiger partial charge in [-0.25, -0.2) is 8.78 Å². The van der Waals surface area contributed by atoms with Crippen molar-refractivity contribution >= 4 is 0 Å². The summed E-state index contributed by atoms with van der Waals surface area (Å²) in [5.74, 6) is -1.40. The van der Waals surface area contributed by atoms with Crippen LogP contribution in [0.4, 0.5) is 8.78 Å². The van der Waals surface area contributed by atoms with E-state index in [9.17, 15) is 13.9 Å². The Bertz CT molecular complexity index is 326. The zero-order valence-corrected chi connectivity index (χ0v) is 7.93. The molecule has 0 aliphatic carbocycles. The topological polar surface area (TPSA) is 46.2 Å². The molecule has 1 atom stereocenters. The highest BCUT2D eigenvalue weighted by Crippen LogP contribution is 2.26. The van der Waals surface area contributed by atoms with E-state index in [-0.39, 0.29) is 18.5 Å². The molecule has 0 radical (unpaired) electrons. The molecule has 0 aliphatic heterocycles. The first-order chi connectivity index (χ1) is 6.47. The van der Waals surface area contributed by atoms with Crippen LogP contribution in [-0.2, 0) is 5.60 Å². The molecule has 3 N–H and O–H groups in total. The van der Waals surface area contributed by atoms with Crippen LogP contribution in [0.15, 0.2) is 18.2 Å². The predicted molar refractivity (Wildman–Crippen MR) is 49.6 cm³/mol. The first kappa shape index (κ1) is 11.1. The molecule has 0 aliphatic rings. The Hall–Kier alpha value is -1.00. The quantitative estimate of drug-likeness (QED) is 0.778. The van der Waals surface area contributed by atoms with E-state index in [1.165, 1.54) is 13.0 Å². The van der Waals surface area contributed by atoms with Gasteiger partial charge in [0.2, 0.25) is 0 Å². The molecule has 1 aromatic carbocycles. The van der Waals surface area contributed by atoms with Gasteiger partial charge in [-0.05, 0) is 26.0 Å². The SMILES string of the molecule is CC(O)(CCN)c1ccc(F)cc1F. The average molecular weight is 201 g/mol.